The number of sulfonamides is 1. The van der Waals surface area contributed by atoms with Crippen molar-refractivity contribution in [3.8, 4) is 5.75 Å². The minimum Gasteiger partial charge on any atom is -0.495 e. The van der Waals surface area contributed by atoms with Gasteiger partial charge in [-0.3, -0.25) is 0 Å². The molecule has 102 valence electrons. The number of primary sulfonamides is 1. The van der Waals surface area contributed by atoms with Gasteiger partial charge in [0.2, 0.25) is 10.0 Å². The lowest BCUT2D eigenvalue weighted by atomic mass is 10.1. The fourth-order valence-corrected chi connectivity index (χ4v) is 2.17. The third-order valence-electron chi connectivity index (χ3n) is 2.82. The van der Waals surface area contributed by atoms with Gasteiger partial charge in [-0.05, 0) is 24.1 Å². The number of nitrogens with two attached hydrogens (primary N) is 1. The van der Waals surface area contributed by atoms with E-state index < -0.39 is 10.0 Å². The highest BCUT2D eigenvalue weighted by Gasteiger charge is 2.15. The van der Waals surface area contributed by atoms with Crippen molar-refractivity contribution < 1.29 is 13.2 Å². The summed E-state index contributed by atoms with van der Waals surface area (Å²) in [6.07, 6.45) is 1.06. The van der Waals surface area contributed by atoms with E-state index in [0.717, 1.165) is 18.7 Å². The number of nitrogens with one attached hydrogen (secondary N) is 1. The summed E-state index contributed by atoms with van der Waals surface area (Å²) in [4.78, 5) is -0.000786. The largest absolute Gasteiger partial charge is 0.495 e. The molecule has 1 rings (SSSR count). The zero-order valence-electron chi connectivity index (χ0n) is 10.9. The standard InChI is InChI=1S/C12H20N2O3S/c1-4-9(2)8-14-10-5-6-11(17-3)12(7-10)18(13,15)16/h5-7,9,14H,4,8H2,1-3H3,(H2,13,15,16). The summed E-state index contributed by atoms with van der Waals surface area (Å²) in [6.45, 7) is 5.01. The molecule has 0 aromatic heterocycles. The minimum atomic E-state index is -3.78. The Morgan fingerprint density at radius 1 is 1.44 bits per heavy atom. The highest BCUT2D eigenvalue weighted by molar-refractivity contribution is 7.89. The van der Waals surface area contributed by atoms with Gasteiger partial charge in [0.05, 0.1) is 7.11 Å². The summed E-state index contributed by atoms with van der Waals surface area (Å²) in [6, 6.07) is 4.87. The second kappa shape index (κ2) is 6.06. The highest BCUT2D eigenvalue weighted by atomic mass is 32.2. The molecule has 1 atom stereocenters. The lowest BCUT2D eigenvalue weighted by Crippen LogP contribution is -2.15. The molecule has 0 saturated carbocycles. The number of hydrogen-bond acceptors (Lipinski definition) is 4. The predicted molar refractivity (Wildman–Crippen MR) is 72.3 cm³/mol. The van der Waals surface area contributed by atoms with E-state index in [0.29, 0.717) is 5.92 Å². The Morgan fingerprint density at radius 2 is 2.11 bits per heavy atom. The Hall–Kier alpha value is -1.27. The van der Waals surface area contributed by atoms with Crippen molar-refractivity contribution in [2.75, 3.05) is 19.0 Å². The van der Waals surface area contributed by atoms with E-state index in [1.165, 1.54) is 13.2 Å². The fraction of sp³-hybridized carbons (Fsp3) is 0.500. The molecule has 1 aromatic carbocycles. The van der Waals surface area contributed by atoms with Crippen LogP contribution < -0.4 is 15.2 Å². The number of benzene rings is 1. The maximum absolute atomic E-state index is 11.4. The number of hydrogen-bond donors (Lipinski definition) is 2. The molecule has 5 nitrogen and oxygen atoms in total. The van der Waals surface area contributed by atoms with Crippen LogP contribution in [-0.2, 0) is 10.0 Å². The van der Waals surface area contributed by atoms with Crippen molar-refractivity contribution in [3.05, 3.63) is 18.2 Å². The zero-order chi connectivity index (χ0) is 13.8. The molecule has 0 heterocycles. The molecular weight excluding hydrogens is 252 g/mol. The van der Waals surface area contributed by atoms with Crippen LogP contribution in [0.25, 0.3) is 0 Å². The van der Waals surface area contributed by atoms with Crippen LogP contribution in [-0.4, -0.2) is 22.1 Å². The number of anilines is 1. The molecule has 1 aromatic rings. The summed E-state index contributed by atoms with van der Waals surface area (Å²) in [7, 11) is -2.36. The summed E-state index contributed by atoms with van der Waals surface area (Å²) >= 11 is 0. The van der Waals surface area contributed by atoms with Gasteiger partial charge in [-0.15, -0.1) is 0 Å². The molecule has 0 amide bonds. The number of ether oxygens (including phenoxy) is 1. The molecule has 1 unspecified atom stereocenters. The fourth-order valence-electron chi connectivity index (χ4n) is 1.45. The molecular formula is C12H20N2O3S. The van der Waals surface area contributed by atoms with E-state index in [1.54, 1.807) is 12.1 Å². The highest BCUT2D eigenvalue weighted by Crippen LogP contribution is 2.26. The predicted octanol–water partition coefficient (Wildman–Crippen LogP) is 1.80. The summed E-state index contributed by atoms with van der Waals surface area (Å²) < 4.78 is 27.8. The van der Waals surface area contributed by atoms with Gasteiger partial charge in [0.15, 0.2) is 0 Å². The van der Waals surface area contributed by atoms with Crippen LogP contribution in [0.15, 0.2) is 23.1 Å². The molecule has 0 bridgehead atoms. The number of methoxy groups -OCH3 is 1. The van der Waals surface area contributed by atoms with Gasteiger partial charge >= 0.3 is 0 Å². The molecule has 0 saturated heterocycles. The molecule has 0 aliphatic heterocycles. The molecule has 18 heavy (non-hydrogen) atoms. The summed E-state index contributed by atoms with van der Waals surface area (Å²) in [5.41, 5.74) is 0.722. The van der Waals surface area contributed by atoms with Gasteiger partial charge in [-0.25, -0.2) is 13.6 Å². The first-order valence-corrected chi connectivity index (χ1v) is 7.37. The van der Waals surface area contributed by atoms with Crippen molar-refractivity contribution in [3.63, 3.8) is 0 Å². The molecule has 0 spiro atoms. The molecule has 0 radical (unpaired) electrons. The van der Waals surface area contributed by atoms with Crippen LogP contribution in [0.2, 0.25) is 0 Å². The van der Waals surface area contributed by atoms with Crippen LogP contribution >= 0.6 is 0 Å². The normalized spacial score (nSPS) is 13.1. The zero-order valence-corrected chi connectivity index (χ0v) is 11.8. The van der Waals surface area contributed by atoms with Crippen molar-refractivity contribution in [1.82, 2.24) is 0 Å². The first kappa shape index (κ1) is 14.8. The van der Waals surface area contributed by atoms with Crippen LogP contribution in [0.3, 0.4) is 0 Å². The van der Waals surface area contributed by atoms with Gasteiger partial charge < -0.3 is 10.1 Å². The topological polar surface area (TPSA) is 81.4 Å². The minimum absolute atomic E-state index is 0.000786. The van der Waals surface area contributed by atoms with Gasteiger partial charge in [0, 0.05) is 12.2 Å². The van der Waals surface area contributed by atoms with E-state index in [9.17, 15) is 8.42 Å². The van der Waals surface area contributed by atoms with Gasteiger partial charge in [0.25, 0.3) is 0 Å². The second-order valence-corrected chi connectivity index (χ2v) is 5.83. The van der Waals surface area contributed by atoms with Crippen molar-refractivity contribution in [1.29, 1.82) is 0 Å². The van der Waals surface area contributed by atoms with E-state index in [-0.39, 0.29) is 10.6 Å². The Bertz CT molecular complexity index is 500. The van der Waals surface area contributed by atoms with Gasteiger partial charge in [-0.1, -0.05) is 20.3 Å². The lowest BCUT2D eigenvalue weighted by molar-refractivity contribution is 0.403. The maximum atomic E-state index is 11.4. The van der Waals surface area contributed by atoms with E-state index >= 15 is 0 Å². The maximum Gasteiger partial charge on any atom is 0.241 e. The molecule has 0 aliphatic carbocycles. The monoisotopic (exact) mass is 272 g/mol. The van der Waals surface area contributed by atoms with Crippen LogP contribution in [0.5, 0.6) is 5.75 Å². The number of rotatable bonds is 6. The summed E-state index contributed by atoms with van der Waals surface area (Å²) in [5, 5.41) is 8.33. The van der Waals surface area contributed by atoms with Crippen LogP contribution in [0, 0.1) is 5.92 Å². The van der Waals surface area contributed by atoms with Crippen molar-refractivity contribution >= 4 is 15.7 Å². The first-order chi connectivity index (χ1) is 8.38. The van der Waals surface area contributed by atoms with E-state index in [1.807, 2.05) is 0 Å². The summed E-state index contributed by atoms with van der Waals surface area (Å²) in [5.74, 6) is 0.775. The van der Waals surface area contributed by atoms with E-state index in [4.69, 9.17) is 9.88 Å². The van der Waals surface area contributed by atoms with Crippen molar-refractivity contribution in [2.24, 2.45) is 11.1 Å². The average Bonchev–Trinajstić information content (AvgIpc) is 2.34. The Labute approximate surface area is 108 Å². The van der Waals surface area contributed by atoms with Gasteiger partial charge in [0.1, 0.15) is 10.6 Å². The Kier molecular flexibility index (Phi) is 4.98. The second-order valence-electron chi connectivity index (χ2n) is 4.30. The average molecular weight is 272 g/mol. The third kappa shape index (κ3) is 3.89. The molecule has 6 heteroatoms. The Morgan fingerprint density at radius 3 is 2.61 bits per heavy atom. The van der Waals surface area contributed by atoms with Crippen LogP contribution in [0.4, 0.5) is 5.69 Å². The molecule has 0 fully saturated rings. The molecule has 3 N–H and O–H groups in total. The van der Waals surface area contributed by atoms with Crippen LogP contribution in [0.1, 0.15) is 20.3 Å². The quantitative estimate of drug-likeness (QED) is 0.827. The van der Waals surface area contributed by atoms with Gasteiger partial charge in [-0.2, -0.15) is 0 Å². The third-order valence-corrected chi connectivity index (χ3v) is 3.75. The Balaban J connectivity index is 2.97. The molecule has 0 aliphatic rings. The van der Waals surface area contributed by atoms with Crippen molar-refractivity contribution in [2.45, 2.75) is 25.2 Å². The van der Waals surface area contributed by atoms with E-state index in [2.05, 4.69) is 19.2 Å². The lowest BCUT2D eigenvalue weighted by Gasteiger charge is -2.13. The smallest absolute Gasteiger partial charge is 0.241 e. The SMILES string of the molecule is CCC(C)CNc1ccc(OC)c(S(N)(=O)=O)c1. The first-order valence-electron chi connectivity index (χ1n) is 5.83.